The Bertz CT molecular complexity index is 674. The lowest BCUT2D eigenvalue weighted by Crippen LogP contribution is -2.45. The van der Waals surface area contributed by atoms with Crippen molar-refractivity contribution in [2.75, 3.05) is 0 Å². The van der Waals surface area contributed by atoms with Crippen LogP contribution in [0.25, 0.3) is 0 Å². The van der Waals surface area contributed by atoms with E-state index in [4.69, 9.17) is 4.74 Å². The van der Waals surface area contributed by atoms with Gasteiger partial charge < -0.3 is 20.1 Å². The van der Waals surface area contributed by atoms with Crippen molar-refractivity contribution in [3.05, 3.63) is 41.1 Å². The van der Waals surface area contributed by atoms with Gasteiger partial charge in [0.25, 0.3) is 0 Å². The van der Waals surface area contributed by atoms with E-state index in [9.17, 15) is 18.4 Å². The number of nitrogens with one attached hydrogen (secondary N) is 2. The van der Waals surface area contributed by atoms with Crippen LogP contribution in [-0.2, 0) is 9.53 Å². The number of para-hydroxylation sites is 1. The first-order chi connectivity index (χ1) is 11.3. The third kappa shape index (κ3) is 4.01. The number of hydrogen-bond donors (Lipinski definition) is 2. The normalized spacial score (nSPS) is 17.6. The van der Waals surface area contributed by atoms with Crippen molar-refractivity contribution in [2.45, 2.75) is 39.5 Å². The number of esters is 1. The number of carbonyl (C=O) groups is 2. The zero-order valence-electron chi connectivity index (χ0n) is 13.4. The molecule has 1 atom stereocenters. The van der Waals surface area contributed by atoms with Crippen LogP contribution in [0.4, 0.5) is 13.6 Å². The molecule has 0 saturated carbocycles. The van der Waals surface area contributed by atoms with Gasteiger partial charge in [-0.2, -0.15) is 8.78 Å². The van der Waals surface area contributed by atoms with Gasteiger partial charge in [0, 0.05) is 11.3 Å². The van der Waals surface area contributed by atoms with E-state index in [1.807, 2.05) is 0 Å². The van der Waals surface area contributed by atoms with Gasteiger partial charge in [-0.3, -0.25) is 0 Å². The highest BCUT2D eigenvalue weighted by Crippen LogP contribution is 2.34. The second kappa shape index (κ2) is 7.29. The monoisotopic (exact) mass is 340 g/mol. The smallest absolute Gasteiger partial charge is 0.387 e. The molecule has 2 N–H and O–H groups in total. The summed E-state index contributed by atoms with van der Waals surface area (Å²) in [6.07, 6.45) is -0.372. The Morgan fingerprint density at radius 1 is 1.25 bits per heavy atom. The minimum Gasteiger partial charge on any atom is -0.459 e. The second-order valence-corrected chi connectivity index (χ2v) is 5.44. The molecule has 1 aliphatic heterocycles. The van der Waals surface area contributed by atoms with Gasteiger partial charge in [-0.05, 0) is 26.8 Å². The fourth-order valence-electron chi connectivity index (χ4n) is 2.40. The number of hydrogen-bond acceptors (Lipinski definition) is 4. The number of benzene rings is 1. The van der Waals surface area contributed by atoms with Crippen molar-refractivity contribution < 1.29 is 27.8 Å². The third-order valence-corrected chi connectivity index (χ3v) is 3.28. The highest BCUT2D eigenvalue weighted by molar-refractivity contribution is 5.95. The lowest BCUT2D eigenvalue weighted by molar-refractivity contribution is -0.143. The maximum absolute atomic E-state index is 12.6. The fourth-order valence-corrected chi connectivity index (χ4v) is 2.40. The van der Waals surface area contributed by atoms with Crippen LogP contribution in [0.2, 0.25) is 0 Å². The van der Waals surface area contributed by atoms with Gasteiger partial charge in [0.2, 0.25) is 0 Å². The number of amides is 2. The van der Waals surface area contributed by atoms with Gasteiger partial charge in [-0.15, -0.1) is 0 Å². The summed E-state index contributed by atoms with van der Waals surface area (Å²) >= 11 is 0. The van der Waals surface area contributed by atoms with E-state index in [0.717, 1.165) is 0 Å². The number of alkyl halides is 2. The van der Waals surface area contributed by atoms with Crippen LogP contribution >= 0.6 is 0 Å². The van der Waals surface area contributed by atoms with E-state index in [1.54, 1.807) is 26.8 Å². The molecule has 1 unspecified atom stereocenters. The van der Waals surface area contributed by atoms with Crippen molar-refractivity contribution in [3.8, 4) is 5.75 Å². The quantitative estimate of drug-likeness (QED) is 0.808. The Kier molecular flexibility index (Phi) is 5.38. The van der Waals surface area contributed by atoms with Crippen molar-refractivity contribution in [1.29, 1.82) is 0 Å². The molecule has 130 valence electrons. The molecule has 2 rings (SSSR count). The fraction of sp³-hybridized carbons (Fsp3) is 0.375. The highest BCUT2D eigenvalue weighted by atomic mass is 19.3. The molecular formula is C16H18F2N2O4. The molecule has 1 aromatic rings. The lowest BCUT2D eigenvalue weighted by atomic mass is 9.95. The molecule has 1 aliphatic rings. The number of carbonyl (C=O) groups excluding carboxylic acids is 2. The van der Waals surface area contributed by atoms with Crippen molar-refractivity contribution in [2.24, 2.45) is 0 Å². The van der Waals surface area contributed by atoms with E-state index in [2.05, 4.69) is 15.4 Å². The predicted molar refractivity (Wildman–Crippen MR) is 81.4 cm³/mol. The molecule has 24 heavy (non-hydrogen) atoms. The molecule has 0 bridgehead atoms. The van der Waals surface area contributed by atoms with Gasteiger partial charge >= 0.3 is 18.6 Å². The SMILES string of the molecule is CC1=C(C(=O)OC(C)C)C(c2ccccc2OC(F)F)NC(=O)N1. The van der Waals surface area contributed by atoms with Crippen LogP contribution in [-0.4, -0.2) is 24.7 Å². The summed E-state index contributed by atoms with van der Waals surface area (Å²) < 4.78 is 34.9. The minimum atomic E-state index is -3.03. The van der Waals surface area contributed by atoms with Crippen LogP contribution in [0, 0.1) is 0 Å². The Labute approximate surface area is 137 Å². The summed E-state index contributed by atoms with van der Waals surface area (Å²) in [4.78, 5) is 24.2. The summed E-state index contributed by atoms with van der Waals surface area (Å²) in [5.74, 6) is -0.769. The predicted octanol–water partition coefficient (Wildman–Crippen LogP) is 2.87. The molecular weight excluding hydrogens is 322 g/mol. The van der Waals surface area contributed by atoms with Crippen molar-refractivity contribution >= 4 is 12.0 Å². The standard InChI is InChI=1S/C16H18F2N2O4/c1-8(2)23-14(21)12-9(3)19-16(22)20-13(12)10-6-4-5-7-11(10)24-15(17)18/h4-8,13,15H,1-3H3,(H2,19,20,22). The molecule has 0 fully saturated rings. The van der Waals surface area contributed by atoms with Crippen molar-refractivity contribution in [1.82, 2.24) is 10.6 Å². The first kappa shape index (κ1) is 17.7. The van der Waals surface area contributed by atoms with E-state index >= 15 is 0 Å². The van der Waals surface area contributed by atoms with E-state index in [1.165, 1.54) is 18.2 Å². The van der Waals surface area contributed by atoms with Gasteiger partial charge in [-0.25, -0.2) is 9.59 Å². The number of urea groups is 1. The number of halogens is 2. The molecule has 1 heterocycles. The van der Waals surface area contributed by atoms with Crippen LogP contribution in [0.15, 0.2) is 35.5 Å². The summed E-state index contributed by atoms with van der Waals surface area (Å²) in [5.41, 5.74) is 0.664. The van der Waals surface area contributed by atoms with E-state index in [-0.39, 0.29) is 23.0 Å². The van der Waals surface area contributed by atoms with E-state index in [0.29, 0.717) is 5.70 Å². The molecule has 0 saturated heterocycles. The zero-order chi connectivity index (χ0) is 17.9. The maximum Gasteiger partial charge on any atom is 0.387 e. The largest absolute Gasteiger partial charge is 0.459 e. The van der Waals surface area contributed by atoms with Gasteiger partial charge in [0.05, 0.1) is 17.7 Å². The topological polar surface area (TPSA) is 76.7 Å². The Morgan fingerprint density at radius 2 is 1.92 bits per heavy atom. The average Bonchev–Trinajstić information content (AvgIpc) is 2.45. The lowest BCUT2D eigenvalue weighted by Gasteiger charge is -2.29. The van der Waals surface area contributed by atoms with Gasteiger partial charge in [0.15, 0.2) is 0 Å². The van der Waals surface area contributed by atoms with Crippen LogP contribution in [0.3, 0.4) is 0 Å². The number of ether oxygens (including phenoxy) is 2. The minimum absolute atomic E-state index is 0.123. The van der Waals surface area contributed by atoms with Gasteiger partial charge in [-0.1, -0.05) is 18.2 Å². The first-order valence-corrected chi connectivity index (χ1v) is 7.32. The highest BCUT2D eigenvalue weighted by Gasteiger charge is 2.34. The van der Waals surface area contributed by atoms with Crippen LogP contribution in [0.1, 0.15) is 32.4 Å². The molecule has 0 aliphatic carbocycles. The Morgan fingerprint density at radius 3 is 2.54 bits per heavy atom. The summed E-state index contributed by atoms with van der Waals surface area (Å²) in [6, 6.07) is 4.46. The summed E-state index contributed by atoms with van der Waals surface area (Å²) in [7, 11) is 0. The van der Waals surface area contributed by atoms with Gasteiger partial charge in [0.1, 0.15) is 5.75 Å². The third-order valence-electron chi connectivity index (χ3n) is 3.28. The molecule has 1 aromatic carbocycles. The second-order valence-electron chi connectivity index (χ2n) is 5.44. The Balaban J connectivity index is 2.48. The van der Waals surface area contributed by atoms with Crippen molar-refractivity contribution in [3.63, 3.8) is 0 Å². The average molecular weight is 340 g/mol. The first-order valence-electron chi connectivity index (χ1n) is 7.32. The summed E-state index contributed by atoms with van der Waals surface area (Å²) in [6.45, 7) is 1.88. The maximum atomic E-state index is 12.6. The van der Waals surface area contributed by atoms with Crippen LogP contribution < -0.4 is 15.4 Å². The molecule has 0 aromatic heterocycles. The number of rotatable bonds is 5. The molecule has 6 nitrogen and oxygen atoms in total. The molecule has 0 spiro atoms. The van der Waals surface area contributed by atoms with E-state index < -0.39 is 24.7 Å². The molecule has 0 radical (unpaired) electrons. The Hall–Kier alpha value is -2.64. The number of allylic oxidation sites excluding steroid dienone is 1. The van der Waals surface area contributed by atoms with Crippen LogP contribution in [0.5, 0.6) is 5.75 Å². The molecule has 2 amide bonds. The summed E-state index contributed by atoms with van der Waals surface area (Å²) in [5, 5.41) is 5.03. The zero-order valence-corrected chi connectivity index (χ0v) is 13.4. The molecule has 8 heteroatoms.